The zero-order valence-corrected chi connectivity index (χ0v) is 14.4. The molecule has 4 heteroatoms. The Balaban J connectivity index is -0.000000107. The maximum Gasteiger partial charge on any atom is -0.0264 e. The van der Waals surface area contributed by atoms with Crippen LogP contribution < -0.4 is 6.15 Å². The molecule has 0 aromatic carbocycles. The molecule has 0 fully saturated rings. The molecule has 0 aliphatic carbocycles. The molecular formula is C8H24I2NP. The molecule has 0 spiro atoms. The van der Waals surface area contributed by atoms with E-state index in [9.17, 15) is 0 Å². The molecule has 0 rings (SSSR count). The van der Waals surface area contributed by atoms with Crippen molar-refractivity contribution in [2.45, 2.75) is 45.9 Å². The van der Waals surface area contributed by atoms with Crippen molar-refractivity contribution in [1.82, 2.24) is 6.15 Å². The summed E-state index contributed by atoms with van der Waals surface area (Å²) in [6, 6.07) is 0. The van der Waals surface area contributed by atoms with E-state index in [0.717, 1.165) is 11.3 Å². The summed E-state index contributed by atoms with van der Waals surface area (Å²) < 4.78 is 0. The van der Waals surface area contributed by atoms with Gasteiger partial charge in [-0.05, 0) is 17.5 Å². The first-order chi connectivity index (χ1) is 4.09. The fraction of sp³-hybridized carbons (Fsp3) is 1.00. The van der Waals surface area contributed by atoms with Crippen LogP contribution in [0.4, 0.5) is 0 Å². The van der Waals surface area contributed by atoms with Crippen molar-refractivity contribution in [3.05, 3.63) is 0 Å². The summed E-state index contributed by atoms with van der Waals surface area (Å²) in [4.78, 5) is 0. The van der Waals surface area contributed by atoms with Gasteiger partial charge in [0, 0.05) is 0 Å². The van der Waals surface area contributed by atoms with Gasteiger partial charge < -0.3 is 6.15 Å². The highest BCUT2D eigenvalue weighted by atomic mass is 127. The van der Waals surface area contributed by atoms with Gasteiger partial charge in [0.25, 0.3) is 0 Å². The molecule has 0 atom stereocenters. The Labute approximate surface area is 113 Å². The molecule has 3 N–H and O–H groups in total. The SMILES string of the molecule is CCP(C(C)C)C(C)C.I.I.N. The van der Waals surface area contributed by atoms with Crippen LogP contribution in [-0.2, 0) is 0 Å². The maximum atomic E-state index is 2.34. The van der Waals surface area contributed by atoms with E-state index >= 15 is 0 Å². The van der Waals surface area contributed by atoms with E-state index in [-0.39, 0.29) is 54.1 Å². The molecule has 0 aliphatic heterocycles. The molecule has 0 unspecified atom stereocenters. The summed E-state index contributed by atoms with van der Waals surface area (Å²) >= 11 is 0. The van der Waals surface area contributed by atoms with Crippen molar-refractivity contribution in [1.29, 1.82) is 0 Å². The molecule has 0 saturated carbocycles. The van der Waals surface area contributed by atoms with Gasteiger partial charge in [-0.2, -0.15) is 0 Å². The van der Waals surface area contributed by atoms with E-state index in [0.29, 0.717) is 7.92 Å². The largest absolute Gasteiger partial charge is 0.344 e. The first kappa shape index (κ1) is 23.6. The topological polar surface area (TPSA) is 35.0 Å². The van der Waals surface area contributed by atoms with Crippen LogP contribution in [-0.4, -0.2) is 17.5 Å². The molecule has 12 heavy (non-hydrogen) atoms. The summed E-state index contributed by atoms with van der Waals surface area (Å²) in [5.41, 5.74) is 1.84. The highest BCUT2D eigenvalue weighted by Crippen LogP contribution is 2.44. The Morgan fingerprint density at radius 2 is 1.17 bits per heavy atom. The maximum absolute atomic E-state index is 2.34. The predicted molar refractivity (Wildman–Crippen MR) is 83.6 cm³/mol. The van der Waals surface area contributed by atoms with Gasteiger partial charge in [-0.25, -0.2) is 0 Å². The lowest BCUT2D eigenvalue weighted by Gasteiger charge is -2.23. The van der Waals surface area contributed by atoms with Crippen molar-refractivity contribution in [3.8, 4) is 0 Å². The van der Waals surface area contributed by atoms with Crippen molar-refractivity contribution < 1.29 is 0 Å². The molecular weight excluding hydrogens is 395 g/mol. The van der Waals surface area contributed by atoms with Crippen LogP contribution in [0.2, 0.25) is 0 Å². The highest BCUT2D eigenvalue weighted by Gasteiger charge is 2.12. The van der Waals surface area contributed by atoms with Crippen molar-refractivity contribution >= 4 is 55.9 Å². The van der Waals surface area contributed by atoms with Crippen LogP contribution >= 0.6 is 55.9 Å². The quantitative estimate of drug-likeness (QED) is 0.523. The second kappa shape index (κ2) is 12.8. The molecule has 1 nitrogen and oxygen atoms in total. The molecule has 0 radical (unpaired) electrons. The number of hydrogen-bond acceptors (Lipinski definition) is 1. The van der Waals surface area contributed by atoms with Crippen molar-refractivity contribution in [2.75, 3.05) is 6.16 Å². The number of hydrogen-bond donors (Lipinski definition) is 1. The second-order valence-corrected chi connectivity index (χ2v) is 6.74. The highest BCUT2D eigenvalue weighted by molar-refractivity contribution is 14.0. The first-order valence-electron chi connectivity index (χ1n) is 3.85. The van der Waals surface area contributed by atoms with Gasteiger partial charge in [0.1, 0.15) is 0 Å². The Hall–Kier alpha value is 1.85. The second-order valence-electron chi connectivity index (χ2n) is 3.02. The molecule has 0 amide bonds. The lowest BCUT2D eigenvalue weighted by molar-refractivity contribution is 1.00. The Morgan fingerprint density at radius 1 is 0.917 bits per heavy atom. The van der Waals surface area contributed by atoms with Crippen LogP contribution in [0.5, 0.6) is 0 Å². The molecule has 80 valence electrons. The van der Waals surface area contributed by atoms with Crippen LogP contribution in [0.1, 0.15) is 34.6 Å². The average Bonchev–Trinajstić information content (AvgIpc) is 1.64. The van der Waals surface area contributed by atoms with Crippen LogP contribution in [0.3, 0.4) is 0 Å². The van der Waals surface area contributed by atoms with E-state index in [1.807, 2.05) is 0 Å². The number of halogens is 2. The Bertz CT molecular complexity index is 71.5. The summed E-state index contributed by atoms with van der Waals surface area (Å²) in [5.74, 6) is 0. The Kier molecular flexibility index (Phi) is 25.2. The summed E-state index contributed by atoms with van der Waals surface area (Å²) in [6.07, 6.45) is 1.39. The Morgan fingerprint density at radius 3 is 1.17 bits per heavy atom. The fourth-order valence-corrected chi connectivity index (χ4v) is 3.98. The van der Waals surface area contributed by atoms with Gasteiger partial charge in [0.2, 0.25) is 0 Å². The monoisotopic (exact) mass is 419 g/mol. The zero-order valence-electron chi connectivity index (χ0n) is 8.83. The predicted octanol–water partition coefficient (Wildman–Crippen LogP) is 4.70. The fourth-order valence-electron chi connectivity index (χ4n) is 1.33. The van der Waals surface area contributed by atoms with Crippen molar-refractivity contribution in [2.24, 2.45) is 0 Å². The average molecular weight is 419 g/mol. The minimum atomic E-state index is 0. The van der Waals surface area contributed by atoms with Gasteiger partial charge in [0.05, 0.1) is 0 Å². The molecule has 0 aromatic rings. The van der Waals surface area contributed by atoms with Gasteiger partial charge >= 0.3 is 0 Å². The molecule has 0 aliphatic rings. The van der Waals surface area contributed by atoms with Crippen LogP contribution in [0.25, 0.3) is 0 Å². The minimum absolute atomic E-state index is 0. The summed E-state index contributed by atoms with van der Waals surface area (Å²) in [5, 5.41) is 0. The third kappa shape index (κ3) is 9.93. The molecule has 0 bridgehead atoms. The third-order valence-corrected chi connectivity index (χ3v) is 5.08. The van der Waals surface area contributed by atoms with Crippen LogP contribution in [0, 0.1) is 0 Å². The molecule has 0 heterocycles. The van der Waals surface area contributed by atoms with Crippen molar-refractivity contribution in [3.63, 3.8) is 0 Å². The minimum Gasteiger partial charge on any atom is -0.344 e. The third-order valence-electron chi connectivity index (χ3n) is 1.69. The standard InChI is InChI=1S/C8H19P.2HI.H3N/c1-6-9(7(2)3)8(4)5;;;/h7-8H,6H2,1-5H3;2*1H;1H3. The first-order valence-corrected chi connectivity index (χ1v) is 5.51. The van der Waals surface area contributed by atoms with Gasteiger partial charge in [0.15, 0.2) is 0 Å². The van der Waals surface area contributed by atoms with Gasteiger partial charge in [-0.1, -0.05) is 34.6 Å². The van der Waals surface area contributed by atoms with Crippen LogP contribution in [0.15, 0.2) is 0 Å². The lowest BCUT2D eigenvalue weighted by Crippen LogP contribution is -2.04. The molecule has 0 aromatic heterocycles. The lowest BCUT2D eigenvalue weighted by atomic mass is 10.5. The normalized spacial score (nSPS) is 9.00. The van der Waals surface area contributed by atoms with E-state index in [1.165, 1.54) is 6.16 Å². The number of rotatable bonds is 3. The molecule has 0 saturated heterocycles. The van der Waals surface area contributed by atoms with E-state index in [2.05, 4.69) is 34.6 Å². The van der Waals surface area contributed by atoms with Gasteiger partial charge in [-0.3, -0.25) is 0 Å². The zero-order chi connectivity index (χ0) is 7.44. The van der Waals surface area contributed by atoms with E-state index in [4.69, 9.17) is 0 Å². The van der Waals surface area contributed by atoms with Gasteiger partial charge in [-0.15, -0.1) is 55.9 Å². The van der Waals surface area contributed by atoms with E-state index < -0.39 is 0 Å². The smallest absolute Gasteiger partial charge is 0.0264 e. The van der Waals surface area contributed by atoms with E-state index in [1.54, 1.807) is 0 Å². The summed E-state index contributed by atoms with van der Waals surface area (Å²) in [6.45, 7) is 11.7. The summed E-state index contributed by atoms with van der Waals surface area (Å²) in [7, 11) is 0.324.